The Labute approximate surface area is 140 Å². The average Bonchev–Trinajstić information content (AvgIpc) is 2.57. The van der Waals surface area contributed by atoms with Crippen LogP contribution in [0.3, 0.4) is 0 Å². The largest absolute Gasteiger partial charge is 0.508 e. The Kier molecular flexibility index (Phi) is 5.42. The first-order valence-corrected chi connectivity index (χ1v) is 7.54. The predicted octanol–water partition coefficient (Wildman–Crippen LogP) is 1.87. The molecule has 0 fully saturated rings. The molecule has 126 valence electrons. The number of aromatic hydroxyl groups is 2. The minimum atomic E-state index is -0.394. The average molecular weight is 328 g/mol. The van der Waals surface area contributed by atoms with Crippen LogP contribution in [0.1, 0.15) is 31.8 Å². The summed E-state index contributed by atoms with van der Waals surface area (Å²) in [5.74, 6) is -0.625. The number of benzene rings is 2. The van der Waals surface area contributed by atoms with Crippen LogP contribution in [0.4, 0.5) is 0 Å². The maximum atomic E-state index is 12.1. The fourth-order valence-electron chi connectivity index (χ4n) is 2.15. The number of nitrogens with one attached hydrogen (secondary N) is 2. The van der Waals surface area contributed by atoms with Crippen LogP contribution in [0, 0.1) is 13.8 Å². The number of phenolic OH excluding ortho intramolecular Hbond substituents is 2. The van der Waals surface area contributed by atoms with Crippen LogP contribution >= 0.6 is 0 Å². The van der Waals surface area contributed by atoms with E-state index in [2.05, 4.69) is 10.6 Å². The Hall–Kier alpha value is -3.02. The molecular weight excluding hydrogens is 308 g/mol. The van der Waals surface area contributed by atoms with Gasteiger partial charge in [0.15, 0.2) is 0 Å². The molecule has 0 bridgehead atoms. The lowest BCUT2D eigenvalue weighted by Crippen LogP contribution is -2.34. The van der Waals surface area contributed by atoms with Crippen molar-refractivity contribution in [1.82, 2.24) is 10.6 Å². The highest BCUT2D eigenvalue weighted by Gasteiger charge is 2.13. The van der Waals surface area contributed by atoms with E-state index in [1.165, 1.54) is 24.3 Å². The number of carbonyl (C=O) groups is 2. The Balaban J connectivity index is 1.84. The minimum absolute atomic E-state index is 0.0272. The Morgan fingerprint density at radius 1 is 0.875 bits per heavy atom. The third kappa shape index (κ3) is 4.04. The Morgan fingerprint density at radius 3 is 2.08 bits per heavy atom. The lowest BCUT2D eigenvalue weighted by Gasteiger charge is -2.11. The van der Waals surface area contributed by atoms with Gasteiger partial charge in [0.2, 0.25) is 0 Å². The molecule has 2 rings (SSSR count). The van der Waals surface area contributed by atoms with Crippen molar-refractivity contribution in [3.05, 3.63) is 58.7 Å². The molecule has 0 aliphatic rings. The van der Waals surface area contributed by atoms with Gasteiger partial charge in [0.05, 0.1) is 5.56 Å². The van der Waals surface area contributed by atoms with Crippen LogP contribution in [0.2, 0.25) is 0 Å². The molecule has 4 N–H and O–H groups in total. The number of phenols is 2. The minimum Gasteiger partial charge on any atom is -0.508 e. The lowest BCUT2D eigenvalue weighted by atomic mass is 10.0. The van der Waals surface area contributed by atoms with Gasteiger partial charge in [0, 0.05) is 18.7 Å². The Morgan fingerprint density at radius 2 is 1.46 bits per heavy atom. The summed E-state index contributed by atoms with van der Waals surface area (Å²) in [4.78, 5) is 23.9. The highest BCUT2D eigenvalue weighted by molar-refractivity contribution is 5.97. The summed E-state index contributed by atoms with van der Waals surface area (Å²) >= 11 is 0. The molecule has 24 heavy (non-hydrogen) atoms. The van der Waals surface area contributed by atoms with Crippen molar-refractivity contribution < 1.29 is 19.8 Å². The van der Waals surface area contributed by atoms with Crippen molar-refractivity contribution in [1.29, 1.82) is 0 Å². The van der Waals surface area contributed by atoms with Gasteiger partial charge < -0.3 is 20.8 Å². The van der Waals surface area contributed by atoms with Gasteiger partial charge in [-0.25, -0.2) is 0 Å². The van der Waals surface area contributed by atoms with Gasteiger partial charge >= 0.3 is 0 Å². The van der Waals surface area contributed by atoms with E-state index < -0.39 is 5.91 Å². The van der Waals surface area contributed by atoms with Crippen LogP contribution in [0.25, 0.3) is 0 Å². The third-order valence-corrected chi connectivity index (χ3v) is 3.77. The molecule has 2 amide bonds. The van der Waals surface area contributed by atoms with E-state index in [0.717, 1.165) is 5.56 Å². The second kappa shape index (κ2) is 7.50. The van der Waals surface area contributed by atoms with Crippen LogP contribution in [-0.2, 0) is 0 Å². The van der Waals surface area contributed by atoms with E-state index in [1.54, 1.807) is 19.1 Å². The van der Waals surface area contributed by atoms with E-state index in [1.807, 2.05) is 6.92 Å². The number of carbonyl (C=O) groups excluding carboxylic acids is 2. The van der Waals surface area contributed by atoms with Crippen molar-refractivity contribution in [3.63, 3.8) is 0 Å². The van der Waals surface area contributed by atoms with Gasteiger partial charge in [0.1, 0.15) is 11.5 Å². The normalized spacial score (nSPS) is 10.2. The maximum absolute atomic E-state index is 12.1. The second-order valence-electron chi connectivity index (χ2n) is 5.46. The molecule has 6 heteroatoms. The zero-order chi connectivity index (χ0) is 17.7. The van der Waals surface area contributed by atoms with Gasteiger partial charge in [-0.05, 0) is 55.3 Å². The summed E-state index contributed by atoms with van der Waals surface area (Å²) in [6.45, 7) is 4.08. The van der Waals surface area contributed by atoms with Crippen LogP contribution in [0.15, 0.2) is 36.4 Å². The van der Waals surface area contributed by atoms with Crippen molar-refractivity contribution in [2.24, 2.45) is 0 Å². The molecule has 0 unspecified atom stereocenters. The van der Waals surface area contributed by atoms with Gasteiger partial charge in [-0.2, -0.15) is 0 Å². The first-order chi connectivity index (χ1) is 11.4. The van der Waals surface area contributed by atoms with E-state index in [9.17, 15) is 19.8 Å². The second-order valence-corrected chi connectivity index (χ2v) is 5.46. The van der Waals surface area contributed by atoms with E-state index >= 15 is 0 Å². The fourth-order valence-corrected chi connectivity index (χ4v) is 2.15. The SMILES string of the molecule is Cc1ccc(C(=O)NCCNC(=O)c2ccc(O)cc2)c(O)c1C. The third-order valence-electron chi connectivity index (χ3n) is 3.77. The molecule has 0 radical (unpaired) electrons. The zero-order valence-corrected chi connectivity index (χ0v) is 13.6. The highest BCUT2D eigenvalue weighted by Crippen LogP contribution is 2.24. The Bertz CT molecular complexity index is 754. The van der Waals surface area contributed by atoms with Crippen molar-refractivity contribution in [2.45, 2.75) is 13.8 Å². The molecule has 0 spiro atoms. The quantitative estimate of drug-likeness (QED) is 0.630. The highest BCUT2D eigenvalue weighted by atomic mass is 16.3. The monoisotopic (exact) mass is 328 g/mol. The predicted molar refractivity (Wildman–Crippen MR) is 90.4 cm³/mol. The smallest absolute Gasteiger partial charge is 0.255 e. The van der Waals surface area contributed by atoms with Gasteiger partial charge in [-0.3, -0.25) is 9.59 Å². The van der Waals surface area contributed by atoms with E-state index in [-0.39, 0.29) is 36.1 Å². The molecule has 0 aliphatic heterocycles. The molecule has 0 aliphatic carbocycles. The number of amides is 2. The summed E-state index contributed by atoms with van der Waals surface area (Å²) in [6.07, 6.45) is 0. The summed E-state index contributed by atoms with van der Waals surface area (Å²) in [7, 11) is 0. The van der Waals surface area contributed by atoms with Crippen LogP contribution in [-0.4, -0.2) is 35.1 Å². The first kappa shape index (κ1) is 17.3. The van der Waals surface area contributed by atoms with Crippen molar-refractivity contribution in [3.8, 4) is 11.5 Å². The molecule has 0 saturated carbocycles. The molecule has 2 aromatic rings. The fraction of sp³-hybridized carbons (Fsp3) is 0.222. The molecule has 2 aromatic carbocycles. The number of aryl methyl sites for hydroxylation is 1. The maximum Gasteiger partial charge on any atom is 0.255 e. The molecule has 0 saturated heterocycles. The van der Waals surface area contributed by atoms with Crippen LogP contribution in [0.5, 0.6) is 11.5 Å². The number of hydrogen-bond donors (Lipinski definition) is 4. The van der Waals surface area contributed by atoms with Crippen molar-refractivity contribution in [2.75, 3.05) is 13.1 Å². The zero-order valence-electron chi connectivity index (χ0n) is 13.6. The standard InChI is InChI=1S/C18H20N2O4/c1-11-3-8-15(16(22)12(11)2)18(24)20-10-9-19-17(23)13-4-6-14(21)7-5-13/h3-8,21-22H,9-10H2,1-2H3,(H,19,23)(H,20,24). The molecule has 0 atom stereocenters. The first-order valence-electron chi connectivity index (χ1n) is 7.54. The summed E-state index contributed by atoms with van der Waals surface area (Å²) in [5.41, 5.74) is 2.21. The van der Waals surface area contributed by atoms with Gasteiger partial charge in [-0.15, -0.1) is 0 Å². The topological polar surface area (TPSA) is 98.7 Å². The van der Waals surface area contributed by atoms with Gasteiger partial charge in [-0.1, -0.05) is 6.07 Å². The molecular formula is C18H20N2O4. The van der Waals surface area contributed by atoms with E-state index in [0.29, 0.717) is 11.1 Å². The lowest BCUT2D eigenvalue weighted by molar-refractivity contribution is 0.0926. The van der Waals surface area contributed by atoms with Crippen LogP contribution < -0.4 is 10.6 Å². The summed E-state index contributed by atoms with van der Waals surface area (Å²) in [5, 5.41) is 24.5. The van der Waals surface area contributed by atoms with E-state index in [4.69, 9.17) is 0 Å². The summed E-state index contributed by atoms with van der Waals surface area (Å²) in [6, 6.07) is 9.23. The molecule has 0 heterocycles. The molecule has 6 nitrogen and oxygen atoms in total. The molecule has 0 aromatic heterocycles. The van der Waals surface area contributed by atoms with Crippen molar-refractivity contribution >= 4 is 11.8 Å². The number of rotatable bonds is 5. The summed E-state index contributed by atoms with van der Waals surface area (Å²) < 4.78 is 0. The number of hydrogen-bond acceptors (Lipinski definition) is 4. The van der Waals surface area contributed by atoms with Gasteiger partial charge in [0.25, 0.3) is 11.8 Å².